The van der Waals surface area contributed by atoms with Crippen molar-refractivity contribution < 1.29 is 19.4 Å². The Balaban J connectivity index is 3.99. The first-order valence-electron chi connectivity index (χ1n) is 3.33. The lowest BCUT2D eigenvalue weighted by Gasteiger charge is -2.16. The van der Waals surface area contributed by atoms with Crippen molar-refractivity contribution >= 4 is 5.91 Å². The van der Waals surface area contributed by atoms with E-state index >= 15 is 0 Å². The van der Waals surface area contributed by atoms with Crippen LogP contribution >= 0.6 is 0 Å². The predicted molar refractivity (Wildman–Crippen MR) is 42.1 cm³/mol. The Morgan fingerprint density at radius 3 is 2.33 bits per heavy atom. The SMILES string of the molecule is COC(OC)[C@H](O)/C=C/C(N)=O. The highest BCUT2D eigenvalue weighted by molar-refractivity contribution is 5.85. The van der Waals surface area contributed by atoms with Gasteiger partial charge in [-0.05, 0) is 6.08 Å². The van der Waals surface area contributed by atoms with E-state index in [9.17, 15) is 9.90 Å². The molecule has 0 bridgehead atoms. The van der Waals surface area contributed by atoms with Gasteiger partial charge in [0.15, 0.2) is 6.29 Å². The summed E-state index contributed by atoms with van der Waals surface area (Å²) in [6, 6.07) is 0. The maximum Gasteiger partial charge on any atom is 0.241 e. The maximum absolute atomic E-state index is 10.2. The van der Waals surface area contributed by atoms with Crippen LogP contribution in [0.3, 0.4) is 0 Å². The highest BCUT2D eigenvalue weighted by atomic mass is 16.7. The summed E-state index contributed by atoms with van der Waals surface area (Å²) in [7, 11) is 2.77. The number of rotatable bonds is 5. The van der Waals surface area contributed by atoms with Gasteiger partial charge in [0, 0.05) is 20.3 Å². The van der Waals surface area contributed by atoms with E-state index in [4.69, 9.17) is 15.2 Å². The summed E-state index contributed by atoms with van der Waals surface area (Å²) in [5.41, 5.74) is 4.81. The molecule has 12 heavy (non-hydrogen) atoms. The van der Waals surface area contributed by atoms with Crippen LogP contribution in [0.15, 0.2) is 12.2 Å². The van der Waals surface area contributed by atoms with Crippen molar-refractivity contribution in [3.8, 4) is 0 Å². The lowest BCUT2D eigenvalue weighted by molar-refractivity contribution is -0.150. The molecule has 5 nitrogen and oxygen atoms in total. The predicted octanol–water partition coefficient (Wildman–Crippen LogP) is -0.992. The molecule has 0 aromatic carbocycles. The minimum atomic E-state index is -0.993. The molecule has 0 radical (unpaired) electrons. The van der Waals surface area contributed by atoms with Gasteiger partial charge in [-0.1, -0.05) is 0 Å². The molecule has 0 rings (SSSR count). The third-order valence-electron chi connectivity index (χ3n) is 1.20. The summed E-state index contributed by atoms with van der Waals surface area (Å²) in [6.45, 7) is 0. The summed E-state index contributed by atoms with van der Waals surface area (Å²) in [5.74, 6) is -0.625. The van der Waals surface area contributed by atoms with Crippen LogP contribution in [0.4, 0.5) is 0 Å². The second-order valence-electron chi connectivity index (χ2n) is 2.09. The number of aliphatic hydroxyl groups excluding tert-OH is 1. The zero-order valence-electron chi connectivity index (χ0n) is 7.06. The molecule has 1 amide bonds. The molecule has 1 atom stereocenters. The van der Waals surface area contributed by atoms with Crippen molar-refractivity contribution in [1.29, 1.82) is 0 Å². The molecule has 0 spiro atoms. The van der Waals surface area contributed by atoms with Crippen LogP contribution in [-0.2, 0) is 14.3 Å². The molecule has 0 aliphatic carbocycles. The monoisotopic (exact) mass is 175 g/mol. The van der Waals surface area contributed by atoms with Gasteiger partial charge in [0.25, 0.3) is 0 Å². The van der Waals surface area contributed by atoms with Gasteiger partial charge in [0.2, 0.25) is 5.91 Å². The first-order valence-corrected chi connectivity index (χ1v) is 3.33. The molecule has 0 aromatic heterocycles. The smallest absolute Gasteiger partial charge is 0.241 e. The highest BCUT2D eigenvalue weighted by Gasteiger charge is 2.14. The zero-order valence-corrected chi connectivity index (χ0v) is 7.06. The summed E-state index contributed by atoms with van der Waals surface area (Å²) in [4.78, 5) is 10.2. The highest BCUT2D eigenvalue weighted by Crippen LogP contribution is 1.99. The minimum absolute atomic E-state index is 0.625. The van der Waals surface area contributed by atoms with Gasteiger partial charge >= 0.3 is 0 Å². The van der Waals surface area contributed by atoms with Gasteiger partial charge in [-0.2, -0.15) is 0 Å². The number of primary amides is 1. The number of aliphatic hydroxyl groups is 1. The van der Waals surface area contributed by atoms with Crippen molar-refractivity contribution in [2.45, 2.75) is 12.4 Å². The van der Waals surface area contributed by atoms with E-state index in [1.165, 1.54) is 20.3 Å². The van der Waals surface area contributed by atoms with Crippen LogP contribution in [0.2, 0.25) is 0 Å². The van der Waals surface area contributed by atoms with E-state index < -0.39 is 18.3 Å². The largest absolute Gasteiger partial charge is 0.384 e. The van der Waals surface area contributed by atoms with Gasteiger partial charge in [-0.15, -0.1) is 0 Å². The first-order chi connectivity index (χ1) is 5.61. The van der Waals surface area contributed by atoms with E-state index in [0.29, 0.717) is 0 Å². The molecular weight excluding hydrogens is 162 g/mol. The second kappa shape index (κ2) is 5.70. The molecular formula is C7H13NO4. The van der Waals surface area contributed by atoms with Crippen LogP contribution in [0.25, 0.3) is 0 Å². The molecule has 0 heterocycles. The van der Waals surface area contributed by atoms with E-state index in [0.717, 1.165) is 6.08 Å². The van der Waals surface area contributed by atoms with E-state index in [2.05, 4.69) is 0 Å². The van der Waals surface area contributed by atoms with Crippen LogP contribution in [0, 0.1) is 0 Å². The van der Waals surface area contributed by atoms with E-state index in [1.807, 2.05) is 0 Å². The van der Waals surface area contributed by atoms with Gasteiger partial charge in [0.05, 0.1) is 0 Å². The minimum Gasteiger partial charge on any atom is -0.384 e. The molecule has 0 unspecified atom stereocenters. The third kappa shape index (κ3) is 4.07. The number of hydrogen-bond donors (Lipinski definition) is 2. The topological polar surface area (TPSA) is 81.8 Å². The number of hydrogen-bond acceptors (Lipinski definition) is 4. The molecule has 0 fully saturated rings. The average molecular weight is 175 g/mol. The average Bonchev–Trinajstić information content (AvgIpc) is 2.03. The Kier molecular flexibility index (Phi) is 5.27. The van der Waals surface area contributed by atoms with Crippen molar-refractivity contribution in [3.05, 3.63) is 12.2 Å². The quantitative estimate of drug-likeness (QED) is 0.415. The summed E-state index contributed by atoms with van der Waals surface area (Å²) in [5, 5.41) is 9.21. The van der Waals surface area contributed by atoms with Crippen LogP contribution in [-0.4, -0.2) is 37.6 Å². The van der Waals surface area contributed by atoms with Gasteiger partial charge in [0.1, 0.15) is 6.10 Å². The number of carbonyl (C=O) groups is 1. The molecule has 0 aromatic rings. The van der Waals surface area contributed by atoms with Crippen LogP contribution in [0.5, 0.6) is 0 Å². The molecule has 3 N–H and O–H groups in total. The lowest BCUT2D eigenvalue weighted by atomic mass is 10.3. The van der Waals surface area contributed by atoms with Crippen molar-refractivity contribution in [3.63, 3.8) is 0 Å². The lowest BCUT2D eigenvalue weighted by Crippen LogP contribution is -2.28. The number of methoxy groups -OCH3 is 2. The fraction of sp³-hybridized carbons (Fsp3) is 0.571. The Morgan fingerprint density at radius 1 is 1.50 bits per heavy atom. The molecule has 0 aliphatic rings. The number of ether oxygens (including phenoxy) is 2. The molecule has 0 aliphatic heterocycles. The van der Waals surface area contributed by atoms with E-state index in [-0.39, 0.29) is 0 Å². The molecule has 0 saturated carbocycles. The van der Waals surface area contributed by atoms with Crippen molar-refractivity contribution in [2.75, 3.05) is 14.2 Å². The van der Waals surface area contributed by atoms with E-state index in [1.54, 1.807) is 0 Å². The fourth-order valence-corrected chi connectivity index (χ4v) is 0.659. The Labute approximate surface area is 70.8 Å². The standard InChI is InChI=1S/C7H13NO4/c1-11-7(12-2)5(9)3-4-6(8)10/h3-5,7,9H,1-2H3,(H2,8,10)/b4-3+/t5-/m1/s1. The van der Waals surface area contributed by atoms with Gasteiger partial charge < -0.3 is 20.3 Å². The van der Waals surface area contributed by atoms with Crippen LogP contribution in [0.1, 0.15) is 0 Å². The van der Waals surface area contributed by atoms with Crippen molar-refractivity contribution in [2.24, 2.45) is 5.73 Å². The normalized spacial score (nSPS) is 14.0. The number of nitrogens with two attached hydrogens (primary N) is 1. The number of amides is 1. The maximum atomic E-state index is 10.2. The number of carbonyl (C=O) groups excluding carboxylic acids is 1. The Hall–Kier alpha value is -0.910. The molecule has 0 saturated heterocycles. The second-order valence-corrected chi connectivity index (χ2v) is 2.09. The van der Waals surface area contributed by atoms with Gasteiger partial charge in [-0.25, -0.2) is 0 Å². The fourth-order valence-electron chi connectivity index (χ4n) is 0.659. The summed E-state index contributed by atoms with van der Waals surface area (Å²) in [6.07, 6.45) is 0.489. The van der Waals surface area contributed by atoms with Gasteiger partial charge in [-0.3, -0.25) is 4.79 Å². The Bertz CT molecular complexity index is 165. The first kappa shape index (κ1) is 11.1. The third-order valence-corrected chi connectivity index (χ3v) is 1.20. The summed E-state index contributed by atoms with van der Waals surface area (Å²) >= 11 is 0. The summed E-state index contributed by atoms with van der Waals surface area (Å²) < 4.78 is 9.44. The van der Waals surface area contributed by atoms with Crippen LogP contribution < -0.4 is 5.73 Å². The molecule has 70 valence electrons. The Morgan fingerprint density at radius 2 is 2.00 bits per heavy atom. The molecule has 5 heteroatoms. The van der Waals surface area contributed by atoms with Crippen molar-refractivity contribution in [1.82, 2.24) is 0 Å². The zero-order chi connectivity index (χ0) is 9.56.